The summed E-state index contributed by atoms with van der Waals surface area (Å²) < 4.78 is 5.55. The Morgan fingerprint density at radius 2 is 1.87 bits per heavy atom. The van der Waals surface area contributed by atoms with E-state index in [-0.39, 0.29) is 0 Å². The molecule has 0 spiro atoms. The quantitative estimate of drug-likeness (QED) is 0.565. The largest absolute Gasteiger partial charge is 0.381 e. The zero-order chi connectivity index (χ0) is 11.5. The van der Waals surface area contributed by atoms with Crippen LogP contribution in [0, 0.1) is 11.8 Å². The van der Waals surface area contributed by atoms with Gasteiger partial charge in [-0.1, -0.05) is 27.7 Å². The lowest BCUT2D eigenvalue weighted by Crippen LogP contribution is -2.24. The minimum atomic E-state index is 0.779. The predicted molar refractivity (Wildman–Crippen MR) is 67.2 cm³/mol. The Morgan fingerprint density at radius 3 is 2.40 bits per heavy atom. The zero-order valence-corrected chi connectivity index (χ0v) is 11.0. The third-order valence-corrected chi connectivity index (χ3v) is 2.51. The van der Waals surface area contributed by atoms with Crippen molar-refractivity contribution < 1.29 is 4.74 Å². The SMILES string of the molecule is CCCOCCC(CNCC)CC(C)C. The molecule has 0 aliphatic heterocycles. The lowest BCUT2D eigenvalue weighted by atomic mass is 9.94. The monoisotopic (exact) mass is 215 g/mol. The topological polar surface area (TPSA) is 21.3 Å². The average molecular weight is 215 g/mol. The second kappa shape index (κ2) is 10.4. The zero-order valence-electron chi connectivity index (χ0n) is 11.0. The van der Waals surface area contributed by atoms with Crippen LogP contribution in [0.3, 0.4) is 0 Å². The summed E-state index contributed by atoms with van der Waals surface area (Å²) in [4.78, 5) is 0. The molecule has 2 heteroatoms. The molecule has 0 aromatic carbocycles. The first-order chi connectivity index (χ1) is 7.20. The van der Waals surface area contributed by atoms with Crippen molar-refractivity contribution in [3.05, 3.63) is 0 Å². The predicted octanol–water partition coefficient (Wildman–Crippen LogP) is 3.07. The van der Waals surface area contributed by atoms with Gasteiger partial charge in [0.1, 0.15) is 0 Å². The van der Waals surface area contributed by atoms with E-state index in [9.17, 15) is 0 Å². The maximum Gasteiger partial charge on any atom is 0.0469 e. The Labute approximate surface area is 95.8 Å². The summed E-state index contributed by atoms with van der Waals surface area (Å²) in [6, 6.07) is 0. The average Bonchev–Trinajstić information content (AvgIpc) is 2.19. The van der Waals surface area contributed by atoms with Crippen LogP contribution in [0.5, 0.6) is 0 Å². The molecule has 1 unspecified atom stereocenters. The molecule has 0 saturated heterocycles. The number of ether oxygens (including phenoxy) is 1. The van der Waals surface area contributed by atoms with Gasteiger partial charge in [0.15, 0.2) is 0 Å². The van der Waals surface area contributed by atoms with E-state index in [0.29, 0.717) is 0 Å². The highest BCUT2D eigenvalue weighted by Crippen LogP contribution is 2.14. The van der Waals surface area contributed by atoms with Crippen molar-refractivity contribution in [3.63, 3.8) is 0 Å². The van der Waals surface area contributed by atoms with Crippen molar-refractivity contribution in [1.82, 2.24) is 5.32 Å². The van der Waals surface area contributed by atoms with E-state index < -0.39 is 0 Å². The van der Waals surface area contributed by atoms with Crippen molar-refractivity contribution in [2.24, 2.45) is 11.8 Å². The van der Waals surface area contributed by atoms with Crippen LogP contribution in [0.25, 0.3) is 0 Å². The maximum atomic E-state index is 5.55. The minimum Gasteiger partial charge on any atom is -0.381 e. The molecule has 0 heterocycles. The molecule has 0 aliphatic rings. The van der Waals surface area contributed by atoms with Gasteiger partial charge in [-0.25, -0.2) is 0 Å². The van der Waals surface area contributed by atoms with E-state index in [1.807, 2.05) is 0 Å². The van der Waals surface area contributed by atoms with E-state index in [2.05, 4.69) is 33.0 Å². The van der Waals surface area contributed by atoms with Gasteiger partial charge in [-0.3, -0.25) is 0 Å². The molecule has 1 atom stereocenters. The van der Waals surface area contributed by atoms with Crippen molar-refractivity contribution in [2.45, 2.75) is 47.0 Å². The first-order valence-corrected chi connectivity index (χ1v) is 6.49. The van der Waals surface area contributed by atoms with Gasteiger partial charge in [-0.15, -0.1) is 0 Å². The van der Waals surface area contributed by atoms with Gasteiger partial charge < -0.3 is 10.1 Å². The van der Waals surface area contributed by atoms with E-state index in [4.69, 9.17) is 4.74 Å². The number of rotatable bonds is 10. The minimum absolute atomic E-state index is 0.779. The molecule has 0 fully saturated rings. The molecule has 92 valence electrons. The van der Waals surface area contributed by atoms with Crippen molar-refractivity contribution in [1.29, 1.82) is 0 Å². The molecule has 0 aromatic rings. The van der Waals surface area contributed by atoms with E-state index >= 15 is 0 Å². The lowest BCUT2D eigenvalue weighted by Gasteiger charge is -2.19. The fraction of sp³-hybridized carbons (Fsp3) is 1.00. The second-order valence-electron chi connectivity index (χ2n) is 4.70. The molecule has 0 saturated carbocycles. The molecule has 0 rings (SSSR count). The summed E-state index contributed by atoms with van der Waals surface area (Å²) in [5.74, 6) is 1.57. The summed E-state index contributed by atoms with van der Waals surface area (Å²) in [5.41, 5.74) is 0. The highest BCUT2D eigenvalue weighted by Gasteiger charge is 2.10. The fourth-order valence-electron chi connectivity index (χ4n) is 1.81. The normalized spacial score (nSPS) is 13.4. The number of hydrogen-bond acceptors (Lipinski definition) is 2. The molecule has 0 amide bonds. The van der Waals surface area contributed by atoms with Gasteiger partial charge in [-0.2, -0.15) is 0 Å². The Hall–Kier alpha value is -0.0800. The van der Waals surface area contributed by atoms with Crippen molar-refractivity contribution in [3.8, 4) is 0 Å². The number of nitrogens with one attached hydrogen (secondary N) is 1. The van der Waals surface area contributed by atoms with Crippen LogP contribution in [0.15, 0.2) is 0 Å². The molecule has 0 radical (unpaired) electrons. The van der Waals surface area contributed by atoms with Gasteiger partial charge in [0, 0.05) is 13.2 Å². The van der Waals surface area contributed by atoms with Crippen LogP contribution in [-0.4, -0.2) is 26.3 Å². The summed E-state index contributed by atoms with van der Waals surface area (Å²) in [7, 11) is 0. The standard InChI is InChI=1S/C13H29NO/c1-5-8-15-9-7-13(10-12(3)4)11-14-6-2/h12-14H,5-11H2,1-4H3. The third-order valence-electron chi connectivity index (χ3n) is 2.51. The smallest absolute Gasteiger partial charge is 0.0469 e. The lowest BCUT2D eigenvalue weighted by molar-refractivity contribution is 0.117. The van der Waals surface area contributed by atoms with Crippen LogP contribution >= 0.6 is 0 Å². The molecule has 0 aromatic heterocycles. The molecular formula is C13H29NO. The van der Waals surface area contributed by atoms with Crippen molar-refractivity contribution in [2.75, 3.05) is 26.3 Å². The summed E-state index contributed by atoms with van der Waals surface area (Å²) in [6.45, 7) is 13.0. The van der Waals surface area contributed by atoms with Crippen LogP contribution in [0.1, 0.15) is 47.0 Å². The van der Waals surface area contributed by atoms with Crippen LogP contribution in [-0.2, 0) is 4.74 Å². The highest BCUT2D eigenvalue weighted by atomic mass is 16.5. The molecule has 15 heavy (non-hydrogen) atoms. The molecule has 0 bridgehead atoms. The molecule has 1 N–H and O–H groups in total. The first-order valence-electron chi connectivity index (χ1n) is 6.49. The number of hydrogen-bond donors (Lipinski definition) is 1. The maximum absolute atomic E-state index is 5.55. The van der Waals surface area contributed by atoms with Gasteiger partial charge in [0.2, 0.25) is 0 Å². The highest BCUT2D eigenvalue weighted by molar-refractivity contribution is 4.64. The summed E-state index contributed by atoms with van der Waals surface area (Å²) >= 11 is 0. The van der Waals surface area contributed by atoms with Crippen molar-refractivity contribution >= 4 is 0 Å². The molecular weight excluding hydrogens is 186 g/mol. The Kier molecular flexibility index (Phi) is 10.4. The van der Waals surface area contributed by atoms with Gasteiger partial charge in [-0.05, 0) is 44.2 Å². The van der Waals surface area contributed by atoms with Gasteiger partial charge in [0.05, 0.1) is 0 Å². The second-order valence-corrected chi connectivity index (χ2v) is 4.70. The van der Waals surface area contributed by atoms with Crippen LogP contribution < -0.4 is 5.32 Å². The van der Waals surface area contributed by atoms with Gasteiger partial charge in [0.25, 0.3) is 0 Å². The Morgan fingerprint density at radius 1 is 1.13 bits per heavy atom. The van der Waals surface area contributed by atoms with E-state index in [1.165, 1.54) is 12.8 Å². The first kappa shape index (κ1) is 14.9. The summed E-state index contributed by atoms with van der Waals surface area (Å²) in [5, 5.41) is 3.44. The molecule has 2 nitrogen and oxygen atoms in total. The fourth-order valence-corrected chi connectivity index (χ4v) is 1.81. The van der Waals surface area contributed by atoms with Crippen LogP contribution in [0.2, 0.25) is 0 Å². The third kappa shape index (κ3) is 10.2. The molecule has 0 aliphatic carbocycles. The Bertz CT molecular complexity index is 126. The van der Waals surface area contributed by atoms with E-state index in [1.54, 1.807) is 0 Å². The van der Waals surface area contributed by atoms with Crippen LogP contribution in [0.4, 0.5) is 0 Å². The van der Waals surface area contributed by atoms with Gasteiger partial charge >= 0.3 is 0 Å². The Balaban J connectivity index is 3.59. The summed E-state index contributed by atoms with van der Waals surface area (Å²) in [6.07, 6.45) is 3.63. The van der Waals surface area contributed by atoms with E-state index in [0.717, 1.165) is 44.6 Å².